The van der Waals surface area contributed by atoms with E-state index in [4.69, 9.17) is 4.74 Å². The lowest BCUT2D eigenvalue weighted by atomic mass is 10.1. The van der Waals surface area contributed by atoms with Gasteiger partial charge in [0.2, 0.25) is 0 Å². The maximum Gasteiger partial charge on any atom is 0.136 e. The van der Waals surface area contributed by atoms with Crippen molar-refractivity contribution in [3.63, 3.8) is 0 Å². The van der Waals surface area contributed by atoms with Crippen LogP contribution in [0.5, 0.6) is 11.5 Å². The van der Waals surface area contributed by atoms with Gasteiger partial charge in [0.15, 0.2) is 0 Å². The molecule has 0 unspecified atom stereocenters. The first kappa shape index (κ1) is 12.6. The zero-order chi connectivity index (χ0) is 13.1. The first-order valence-electron chi connectivity index (χ1n) is 5.79. The topological polar surface area (TPSA) is 29.5 Å². The van der Waals surface area contributed by atoms with Gasteiger partial charge in [-0.25, -0.2) is 4.39 Å². The summed E-state index contributed by atoms with van der Waals surface area (Å²) in [5.41, 5.74) is 1.30. The van der Waals surface area contributed by atoms with Crippen LogP contribution in [0, 0.1) is 12.7 Å². The average Bonchev–Trinajstić information content (AvgIpc) is 2.32. The molecule has 2 rings (SSSR count). The molecule has 0 spiro atoms. The summed E-state index contributed by atoms with van der Waals surface area (Å²) in [4.78, 5) is 0. The van der Waals surface area contributed by atoms with Crippen molar-refractivity contribution in [3.8, 4) is 11.5 Å². The number of halogens is 1. The van der Waals surface area contributed by atoms with Crippen molar-refractivity contribution in [1.29, 1.82) is 0 Å². The minimum absolute atomic E-state index is 0.179. The number of ether oxygens (including phenoxy) is 1. The minimum Gasteiger partial charge on any atom is -0.457 e. The summed E-state index contributed by atoms with van der Waals surface area (Å²) < 4.78 is 19.2. The van der Waals surface area contributed by atoms with Crippen LogP contribution in [-0.4, -0.2) is 5.11 Å². The first-order chi connectivity index (χ1) is 8.58. The Morgan fingerprint density at radius 1 is 1.11 bits per heavy atom. The van der Waals surface area contributed by atoms with Crippen LogP contribution < -0.4 is 4.74 Å². The molecule has 2 nitrogen and oxygen atoms in total. The molecule has 18 heavy (non-hydrogen) atoms. The van der Waals surface area contributed by atoms with Crippen molar-refractivity contribution in [2.45, 2.75) is 20.0 Å². The van der Waals surface area contributed by atoms with Crippen molar-refractivity contribution in [3.05, 3.63) is 59.4 Å². The van der Waals surface area contributed by atoms with Gasteiger partial charge in [-0.1, -0.05) is 23.8 Å². The van der Waals surface area contributed by atoms with Crippen LogP contribution >= 0.6 is 0 Å². The second kappa shape index (κ2) is 5.19. The Morgan fingerprint density at radius 3 is 2.39 bits per heavy atom. The van der Waals surface area contributed by atoms with Gasteiger partial charge in [-0.2, -0.15) is 0 Å². The molecule has 0 heterocycles. The molecule has 0 aromatic heterocycles. The summed E-state index contributed by atoms with van der Waals surface area (Å²) >= 11 is 0. The molecular formula is C15H15FO2. The molecule has 0 aliphatic rings. The number of aryl methyl sites for hydroxylation is 1. The van der Waals surface area contributed by atoms with E-state index in [9.17, 15) is 9.50 Å². The van der Waals surface area contributed by atoms with E-state index in [0.717, 1.165) is 5.56 Å². The third-order valence-corrected chi connectivity index (χ3v) is 2.68. The van der Waals surface area contributed by atoms with Gasteiger partial charge >= 0.3 is 0 Å². The van der Waals surface area contributed by atoms with Crippen LogP contribution in [0.1, 0.15) is 24.2 Å². The van der Waals surface area contributed by atoms with E-state index in [1.54, 1.807) is 12.1 Å². The van der Waals surface area contributed by atoms with E-state index in [0.29, 0.717) is 11.5 Å². The minimum atomic E-state index is -0.911. The predicted octanol–water partition coefficient (Wildman–Crippen LogP) is 3.98. The standard InChI is InChI=1S/C15H15FO2/c1-10-6-8-12(9-7-10)18-14-5-3-4-13(16)15(14)11(2)17/h3-9,11,17H,1-2H3/t11-/m1/s1. The zero-order valence-electron chi connectivity index (χ0n) is 10.4. The maximum absolute atomic E-state index is 13.6. The van der Waals surface area contributed by atoms with Crippen LogP contribution in [0.15, 0.2) is 42.5 Å². The molecule has 1 N–H and O–H groups in total. The zero-order valence-corrected chi connectivity index (χ0v) is 10.4. The largest absolute Gasteiger partial charge is 0.457 e. The highest BCUT2D eigenvalue weighted by Gasteiger charge is 2.15. The van der Waals surface area contributed by atoms with E-state index >= 15 is 0 Å². The molecule has 3 heteroatoms. The van der Waals surface area contributed by atoms with Gasteiger partial charge in [-0.15, -0.1) is 0 Å². The summed E-state index contributed by atoms with van der Waals surface area (Å²) in [7, 11) is 0. The van der Waals surface area contributed by atoms with E-state index < -0.39 is 11.9 Å². The smallest absolute Gasteiger partial charge is 0.136 e. The monoisotopic (exact) mass is 246 g/mol. The molecule has 94 valence electrons. The van der Waals surface area contributed by atoms with Crippen LogP contribution in [0.2, 0.25) is 0 Å². The Bertz CT molecular complexity index is 533. The number of benzene rings is 2. The van der Waals surface area contributed by atoms with Crippen molar-refractivity contribution in [2.75, 3.05) is 0 Å². The second-order valence-corrected chi connectivity index (χ2v) is 4.24. The van der Waals surface area contributed by atoms with E-state index in [-0.39, 0.29) is 5.56 Å². The van der Waals surface area contributed by atoms with Gasteiger partial charge < -0.3 is 9.84 Å². The summed E-state index contributed by atoms with van der Waals surface area (Å²) in [5.74, 6) is 0.497. The van der Waals surface area contributed by atoms with E-state index in [1.165, 1.54) is 13.0 Å². The highest BCUT2D eigenvalue weighted by Crippen LogP contribution is 2.31. The van der Waals surface area contributed by atoms with Gasteiger partial charge in [0, 0.05) is 0 Å². The van der Waals surface area contributed by atoms with Gasteiger partial charge in [0.05, 0.1) is 11.7 Å². The summed E-state index contributed by atoms with van der Waals surface area (Å²) in [6.45, 7) is 3.49. The van der Waals surface area contributed by atoms with Gasteiger partial charge in [0.1, 0.15) is 17.3 Å². The van der Waals surface area contributed by atoms with Crippen LogP contribution in [0.3, 0.4) is 0 Å². The van der Waals surface area contributed by atoms with E-state index in [2.05, 4.69) is 0 Å². The molecule has 0 fully saturated rings. The predicted molar refractivity (Wildman–Crippen MR) is 68.3 cm³/mol. The first-order valence-corrected chi connectivity index (χ1v) is 5.79. The molecule has 0 bridgehead atoms. The Kier molecular flexibility index (Phi) is 3.63. The third kappa shape index (κ3) is 2.68. The summed E-state index contributed by atoms with van der Waals surface area (Å²) in [6, 6.07) is 12.0. The average molecular weight is 246 g/mol. The van der Waals surface area contributed by atoms with Crippen molar-refractivity contribution >= 4 is 0 Å². The quantitative estimate of drug-likeness (QED) is 0.887. The van der Waals surface area contributed by atoms with Gasteiger partial charge in [0.25, 0.3) is 0 Å². The fourth-order valence-electron chi connectivity index (χ4n) is 1.74. The molecule has 2 aromatic rings. The lowest BCUT2D eigenvalue weighted by Gasteiger charge is -2.14. The molecule has 2 aromatic carbocycles. The number of hydrogen-bond acceptors (Lipinski definition) is 2. The number of aliphatic hydroxyl groups is 1. The van der Waals surface area contributed by atoms with Crippen molar-refractivity contribution in [1.82, 2.24) is 0 Å². The van der Waals surface area contributed by atoms with Crippen LogP contribution in [0.25, 0.3) is 0 Å². The maximum atomic E-state index is 13.6. The molecule has 0 aliphatic carbocycles. The SMILES string of the molecule is Cc1ccc(Oc2cccc(F)c2[C@@H](C)O)cc1. The second-order valence-electron chi connectivity index (χ2n) is 4.24. The Labute approximate surface area is 106 Å². The molecule has 1 atom stereocenters. The normalized spacial score (nSPS) is 12.2. The lowest BCUT2D eigenvalue weighted by molar-refractivity contribution is 0.190. The van der Waals surface area contributed by atoms with Crippen LogP contribution in [-0.2, 0) is 0 Å². The molecule has 0 aliphatic heterocycles. The Morgan fingerprint density at radius 2 is 1.78 bits per heavy atom. The van der Waals surface area contributed by atoms with E-state index in [1.807, 2.05) is 31.2 Å². The molecule has 0 radical (unpaired) electrons. The highest BCUT2D eigenvalue weighted by molar-refractivity contribution is 5.40. The molecule has 0 saturated carbocycles. The Hall–Kier alpha value is -1.87. The Balaban J connectivity index is 2.34. The molecule has 0 saturated heterocycles. The molecule has 0 amide bonds. The van der Waals surface area contributed by atoms with Crippen molar-refractivity contribution in [2.24, 2.45) is 0 Å². The third-order valence-electron chi connectivity index (χ3n) is 2.68. The molecular weight excluding hydrogens is 231 g/mol. The van der Waals surface area contributed by atoms with Crippen molar-refractivity contribution < 1.29 is 14.2 Å². The highest BCUT2D eigenvalue weighted by atomic mass is 19.1. The lowest BCUT2D eigenvalue weighted by Crippen LogP contribution is -1.99. The number of aliphatic hydroxyl groups excluding tert-OH is 1. The van der Waals surface area contributed by atoms with Gasteiger partial charge in [-0.05, 0) is 38.1 Å². The fraction of sp³-hybridized carbons (Fsp3) is 0.200. The van der Waals surface area contributed by atoms with Crippen LogP contribution in [0.4, 0.5) is 4.39 Å². The summed E-state index contributed by atoms with van der Waals surface area (Å²) in [6.07, 6.45) is -0.911. The summed E-state index contributed by atoms with van der Waals surface area (Å²) in [5, 5.41) is 9.59. The van der Waals surface area contributed by atoms with Gasteiger partial charge in [-0.3, -0.25) is 0 Å². The number of rotatable bonds is 3. The fourth-order valence-corrected chi connectivity index (χ4v) is 1.74. The number of hydrogen-bond donors (Lipinski definition) is 1.